The van der Waals surface area contributed by atoms with Crippen LogP contribution in [0.3, 0.4) is 0 Å². The molecule has 0 spiro atoms. The van der Waals surface area contributed by atoms with Crippen LogP contribution in [0.5, 0.6) is 0 Å². The lowest BCUT2D eigenvalue weighted by atomic mass is 9.86. The summed E-state index contributed by atoms with van der Waals surface area (Å²) in [7, 11) is 0. The quantitative estimate of drug-likeness (QED) is 0.372. The number of hydrogen-bond acceptors (Lipinski definition) is 2. The van der Waals surface area contributed by atoms with Gasteiger partial charge in [-0.3, -0.25) is 0 Å². The van der Waals surface area contributed by atoms with Crippen LogP contribution >= 0.6 is 0 Å². The average molecular weight is 266 g/mol. The highest BCUT2D eigenvalue weighted by molar-refractivity contribution is 5.83. The maximum atomic E-state index is 11.2. The van der Waals surface area contributed by atoms with Crippen LogP contribution in [0.15, 0.2) is 23.8 Å². The molecule has 0 bridgehead atoms. The van der Waals surface area contributed by atoms with Crippen LogP contribution in [0, 0.1) is 11.3 Å². The summed E-state index contributed by atoms with van der Waals surface area (Å²) in [4.78, 5) is 11.2. The van der Waals surface area contributed by atoms with Gasteiger partial charge in [0, 0.05) is 6.08 Å². The number of ether oxygens (including phenoxy) is 1. The summed E-state index contributed by atoms with van der Waals surface area (Å²) in [6.45, 7) is 13.3. The smallest absolute Gasteiger partial charge is 0.330 e. The van der Waals surface area contributed by atoms with Gasteiger partial charge in [-0.15, -0.1) is 0 Å². The van der Waals surface area contributed by atoms with E-state index >= 15 is 0 Å². The van der Waals surface area contributed by atoms with Crippen molar-refractivity contribution in [2.45, 2.75) is 60.8 Å². The number of allylic oxidation sites excluding steroid dienone is 3. The van der Waals surface area contributed by atoms with Gasteiger partial charge in [0.1, 0.15) is 0 Å². The summed E-state index contributed by atoms with van der Waals surface area (Å²) in [5.41, 5.74) is 1.36. The monoisotopic (exact) mass is 266 g/mol. The Hall–Kier alpha value is -1.05. The fourth-order valence-corrected chi connectivity index (χ4v) is 1.70. The minimum absolute atomic E-state index is 0.259. The Morgan fingerprint density at radius 1 is 1.32 bits per heavy atom. The van der Waals surface area contributed by atoms with Crippen molar-refractivity contribution in [2.24, 2.45) is 11.3 Å². The predicted octanol–water partition coefficient (Wildman–Crippen LogP) is 4.90. The molecule has 2 heteroatoms. The lowest BCUT2D eigenvalue weighted by Gasteiger charge is -2.20. The van der Waals surface area contributed by atoms with Crippen molar-refractivity contribution in [3.8, 4) is 0 Å². The van der Waals surface area contributed by atoms with Crippen molar-refractivity contribution in [3.05, 3.63) is 23.8 Å². The highest BCUT2D eigenvalue weighted by Gasteiger charge is 2.11. The maximum absolute atomic E-state index is 11.2. The number of rotatable bonds is 7. The first-order valence-electron chi connectivity index (χ1n) is 7.26. The molecule has 1 atom stereocenters. The molecule has 110 valence electrons. The van der Waals surface area contributed by atoms with E-state index in [4.69, 9.17) is 4.74 Å². The van der Waals surface area contributed by atoms with Gasteiger partial charge < -0.3 is 4.74 Å². The van der Waals surface area contributed by atoms with Gasteiger partial charge in [0.2, 0.25) is 0 Å². The maximum Gasteiger partial charge on any atom is 0.330 e. The summed E-state index contributed by atoms with van der Waals surface area (Å²) in [5, 5.41) is 0. The summed E-state index contributed by atoms with van der Waals surface area (Å²) < 4.78 is 4.87. The zero-order chi connectivity index (χ0) is 14.9. The van der Waals surface area contributed by atoms with Gasteiger partial charge >= 0.3 is 5.97 Å². The molecule has 0 heterocycles. The molecule has 0 aliphatic carbocycles. The van der Waals surface area contributed by atoms with Crippen LogP contribution < -0.4 is 0 Å². The van der Waals surface area contributed by atoms with Gasteiger partial charge in [0.25, 0.3) is 0 Å². The highest BCUT2D eigenvalue weighted by Crippen LogP contribution is 2.24. The first-order valence-corrected chi connectivity index (χ1v) is 7.26. The predicted molar refractivity (Wildman–Crippen MR) is 82.0 cm³/mol. The summed E-state index contributed by atoms with van der Waals surface area (Å²) in [6.07, 6.45) is 9.25. The molecule has 0 aliphatic heterocycles. The fourth-order valence-electron chi connectivity index (χ4n) is 1.70. The number of hydrogen-bond donors (Lipinski definition) is 0. The van der Waals surface area contributed by atoms with Crippen molar-refractivity contribution < 1.29 is 9.53 Å². The summed E-state index contributed by atoms with van der Waals surface area (Å²) in [5.74, 6) is 0.427. The van der Waals surface area contributed by atoms with Crippen LogP contribution in [-0.2, 0) is 9.53 Å². The molecule has 0 aromatic heterocycles. The molecule has 0 aromatic carbocycles. The molecule has 0 fully saturated rings. The lowest BCUT2D eigenvalue weighted by Crippen LogP contribution is -2.07. The van der Waals surface area contributed by atoms with Gasteiger partial charge in [0.15, 0.2) is 0 Å². The number of carbonyl (C=O) groups is 1. The van der Waals surface area contributed by atoms with E-state index in [0.29, 0.717) is 17.9 Å². The third kappa shape index (κ3) is 11.8. The summed E-state index contributed by atoms with van der Waals surface area (Å²) >= 11 is 0. The topological polar surface area (TPSA) is 26.3 Å². The average Bonchev–Trinajstić information content (AvgIpc) is 2.25. The van der Waals surface area contributed by atoms with Crippen LogP contribution in [0.2, 0.25) is 0 Å². The molecular formula is C17H30O2. The molecule has 2 nitrogen and oxygen atoms in total. The molecule has 0 aliphatic rings. The standard InChI is InChI=1S/C17H30O2/c1-7-19-16(18)13-15(3)10-8-9-14(2)11-12-17(4,5)6/h8,10,13-14H,7,9,11-12H2,1-6H3/b10-8+,15-13+. The van der Waals surface area contributed by atoms with Crippen LogP contribution in [0.25, 0.3) is 0 Å². The van der Waals surface area contributed by atoms with Crippen molar-refractivity contribution in [3.63, 3.8) is 0 Å². The Morgan fingerprint density at radius 3 is 2.47 bits per heavy atom. The van der Waals surface area contributed by atoms with E-state index < -0.39 is 0 Å². The molecule has 0 saturated carbocycles. The second-order valence-corrected chi connectivity index (χ2v) is 6.48. The lowest BCUT2D eigenvalue weighted by molar-refractivity contribution is -0.137. The van der Waals surface area contributed by atoms with Gasteiger partial charge in [0.05, 0.1) is 6.61 Å². The first-order chi connectivity index (χ1) is 8.74. The fraction of sp³-hybridized carbons (Fsp3) is 0.706. The minimum Gasteiger partial charge on any atom is -0.463 e. The number of esters is 1. The van der Waals surface area contributed by atoms with Gasteiger partial charge in [-0.25, -0.2) is 4.79 Å². The Labute approximate surface area is 118 Å². The second-order valence-electron chi connectivity index (χ2n) is 6.48. The molecule has 0 N–H and O–H groups in total. The Morgan fingerprint density at radius 2 is 1.95 bits per heavy atom. The van der Waals surface area contributed by atoms with Gasteiger partial charge in [-0.2, -0.15) is 0 Å². The molecule has 0 rings (SSSR count). The van der Waals surface area contributed by atoms with E-state index in [0.717, 1.165) is 12.0 Å². The van der Waals surface area contributed by atoms with E-state index in [-0.39, 0.29) is 5.97 Å². The van der Waals surface area contributed by atoms with Crippen molar-refractivity contribution in [1.82, 2.24) is 0 Å². The second kappa shape index (κ2) is 8.95. The van der Waals surface area contributed by atoms with E-state index in [1.165, 1.54) is 12.8 Å². The van der Waals surface area contributed by atoms with Crippen molar-refractivity contribution in [2.75, 3.05) is 6.61 Å². The van der Waals surface area contributed by atoms with Gasteiger partial charge in [-0.1, -0.05) is 39.8 Å². The molecule has 0 amide bonds. The summed E-state index contributed by atoms with van der Waals surface area (Å²) in [6, 6.07) is 0. The minimum atomic E-state index is -0.259. The molecule has 1 unspecified atom stereocenters. The van der Waals surface area contributed by atoms with Crippen LogP contribution in [0.1, 0.15) is 60.8 Å². The third-order valence-corrected chi connectivity index (χ3v) is 2.94. The van der Waals surface area contributed by atoms with Crippen molar-refractivity contribution >= 4 is 5.97 Å². The molecule has 0 radical (unpaired) electrons. The van der Waals surface area contributed by atoms with Crippen LogP contribution in [-0.4, -0.2) is 12.6 Å². The Kier molecular flexibility index (Phi) is 8.46. The third-order valence-electron chi connectivity index (χ3n) is 2.94. The van der Waals surface area contributed by atoms with E-state index in [1.807, 2.05) is 19.9 Å². The Bertz CT molecular complexity index is 319. The zero-order valence-electron chi connectivity index (χ0n) is 13.5. The molecule has 0 saturated heterocycles. The van der Waals surface area contributed by atoms with Crippen LogP contribution in [0.4, 0.5) is 0 Å². The molecule has 19 heavy (non-hydrogen) atoms. The number of carbonyl (C=O) groups excluding carboxylic acids is 1. The largest absolute Gasteiger partial charge is 0.463 e. The normalized spacial score (nSPS) is 14.7. The van der Waals surface area contributed by atoms with E-state index in [2.05, 4.69) is 33.8 Å². The van der Waals surface area contributed by atoms with E-state index in [1.54, 1.807) is 6.08 Å². The molecule has 0 aromatic rings. The van der Waals surface area contributed by atoms with Crippen molar-refractivity contribution in [1.29, 1.82) is 0 Å². The molecular weight excluding hydrogens is 236 g/mol. The SMILES string of the molecule is CCOC(=O)/C=C(C)/C=C/CC(C)CCC(C)(C)C. The first kappa shape index (κ1) is 17.9. The van der Waals surface area contributed by atoms with Gasteiger partial charge in [-0.05, 0) is 50.0 Å². The Balaban J connectivity index is 4.04. The van der Waals surface area contributed by atoms with E-state index in [9.17, 15) is 4.79 Å². The highest BCUT2D eigenvalue weighted by atomic mass is 16.5. The zero-order valence-corrected chi connectivity index (χ0v) is 13.5.